The van der Waals surface area contributed by atoms with E-state index in [4.69, 9.17) is 42.1 Å². The van der Waals surface area contributed by atoms with E-state index in [1.54, 1.807) is 48.6 Å². The second-order valence-electron chi connectivity index (χ2n) is 5.83. The second-order valence-corrected chi connectivity index (χ2v) is 6.67. The predicted octanol–water partition coefficient (Wildman–Crippen LogP) is 5.03. The zero-order valence-electron chi connectivity index (χ0n) is 15.9. The molecule has 0 amide bonds. The molecule has 8 heteroatoms. The van der Waals surface area contributed by atoms with E-state index in [0.29, 0.717) is 32.9 Å². The third-order valence-electron chi connectivity index (χ3n) is 4.00. The van der Waals surface area contributed by atoms with Gasteiger partial charge in [0, 0.05) is 16.1 Å². The van der Waals surface area contributed by atoms with Crippen LogP contribution in [0.1, 0.15) is 11.1 Å². The Morgan fingerprint density at radius 3 is 2.24 bits per heavy atom. The lowest BCUT2D eigenvalue weighted by Gasteiger charge is -2.12. The summed E-state index contributed by atoms with van der Waals surface area (Å²) in [7, 11) is 4.55. The molecule has 2 aromatic rings. The van der Waals surface area contributed by atoms with Crippen LogP contribution >= 0.6 is 23.2 Å². The van der Waals surface area contributed by atoms with Gasteiger partial charge in [0.25, 0.3) is 0 Å². The molecule has 0 fully saturated rings. The number of hydrogen-bond acceptors (Lipinski definition) is 6. The van der Waals surface area contributed by atoms with Crippen LogP contribution < -0.4 is 14.2 Å². The van der Waals surface area contributed by atoms with Crippen LogP contribution in [0.5, 0.6) is 17.2 Å². The summed E-state index contributed by atoms with van der Waals surface area (Å²) in [4.78, 5) is 16.4. The standard InChI is InChI=1S/C21H17Cl2NO5/c1-26-17-9-12(10-18(27-2)20(17)28-3)8-16-21(25)29-19(24-16)7-5-13-4-6-14(22)11-15(13)23/h4-11H,1-3H3/b7-5+,16-8-. The molecule has 1 aliphatic heterocycles. The van der Waals surface area contributed by atoms with E-state index >= 15 is 0 Å². The molecule has 0 bridgehead atoms. The number of rotatable bonds is 6. The molecule has 1 heterocycles. The first-order chi connectivity index (χ1) is 13.9. The molecule has 2 aromatic carbocycles. The van der Waals surface area contributed by atoms with Crippen molar-refractivity contribution in [2.75, 3.05) is 21.3 Å². The number of benzene rings is 2. The van der Waals surface area contributed by atoms with E-state index in [9.17, 15) is 4.79 Å². The number of carbonyl (C=O) groups excluding carboxylic acids is 1. The number of aliphatic imine (C=N–C) groups is 1. The van der Waals surface area contributed by atoms with Gasteiger partial charge in [-0.1, -0.05) is 29.3 Å². The highest BCUT2D eigenvalue weighted by Crippen LogP contribution is 2.39. The van der Waals surface area contributed by atoms with Gasteiger partial charge in [0.15, 0.2) is 17.2 Å². The Labute approximate surface area is 178 Å². The van der Waals surface area contributed by atoms with Gasteiger partial charge in [-0.3, -0.25) is 0 Å². The Kier molecular flexibility index (Phi) is 6.46. The number of methoxy groups -OCH3 is 3. The largest absolute Gasteiger partial charge is 0.493 e. The minimum Gasteiger partial charge on any atom is -0.493 e. The molecule has 0 saturated carbocycles. The maximum absolute atomic E-state index is 12.2. The summed E-state index contributed by atoms with van der Waals surface area (Å²) >= 11 is 12.0. The van der Waals surface area contributed by atoms with Gasteiger partial charge in [0.2, 0.25) is 11.6 Å². The highest BCUT2D eigenvalue weighted by Gasteiger charge is 2.22. The van der Waals surface area contributed by atoms with Crippen LogP contribution in [0.4, 0.5) is 0 Å². The molecule has 0 unspecified atom stereocenters. The number of ether oxygens (including phenoxy) is 4. The average Bonchev–Trinajstić information content (AvgIpc) is 3.05. The summed E-state index contributed by atoms with van der Waals surface area (Å²) in [6.07, 6.45) is 4.82. The predicted molar refractivity (Wildman–Crippen MR) is 113 cm³/mol. The molecule has 29 heavy (non-hydrogen) atoms. The average molecular weight is 434 g/mol. The minimum absolute atomic E-state index is 0.140. The van der Waals surface area contributed by atoms with Crippen LogP contribution in [0.3, 0.4) is 0 Å². The Balaban J connectivity index is 1.89. The topological polar surface area (TPSA) is 66.4 Å². The van der Waals surface area contributed by atoms with Crippen LogP contribution in [-0.2, 0) is 9.53 Å². The maximum atomic E-state index is 12.2. The van der Waals surface area contributed by atoms with Crippen molar-refractivity contribution in [3.05, 3.63) is 63.3 Å². The molecule has 0 spiro atoms. The van der Waals surface area contributed by atoms with E-state index in [-0.39, 0.29) is 11.6 Å². The summed E-state index contributed by atoms with van der Waals surface area (Å²) in [6, 6.07) is 8.51. The van der Waals surface area contributed by atoms with Gasteiger partial charge in [-0.15, -0.1) is 0 Å². The van der Waals surface area contributed by atoms with Gasteiger partial charge in [0.1, 0.15) is 0 Å². The number of halogens is 2. The van der Waals surface area contributed by atoms with Gasteiger partial charge in [-0.05, 0) is 47.5 Å². The van der Waals surface area contributed by atoms with Gasteiger partial charge in [-0.25, -0.2) is 9.79 Å². The molecule has 1 aliphatic rings. The van der Waals surface area contributed by atoms with Gasteiger partial charge in [0.05, 0.1) is 21.3 Å². The SMILES string of the molecule is COc1cc(/C=C2N=C(/C=C/c3ccc(Cl)cc3Cl)OC\2=O)cc(OC)c1OC. The van der Waals surface area contributed by atoms with Gasteiger partial charge < -0.3 is 18.9 Å². The lowest BCUT2D eigenvalue weighted by Crippen LogP contribution is -2.01. The summed E-state index contributed by atoms with van der Waals surface area (Å²) in [6.45, 7) is 0. The number of cyclic esters (lactones) is 1. The van der Waals surface area contributed by atoms with Crippen molar-refractivity contribution in [2.45, 2.75) is 0 Å². The summed E-state index contributed by atoms with van der Waals surface area (Å²) in [5.74, 6) is 0.969. The van der Waals surface area contributed by atoms with E-state index in [1.165, 1.54) is 21.3 Å². The van der Waals surface area contributed by atoms with Crippen LogP contribution in [0.25, 0.3) is 12.2 Å². The first kappa shape index (κ1) is 20.8. The van der Waals surface area contributed by atoms with E-state index in [2.05, 4.69) is 4.99 Å². The molecular formula is C21H17Cl2NO5. The summed E-state index contributed by atoms with van der Waals surface area (Å²) < 4.78 is 21.1. The lowest BCUT2D eigenvalue weighted by molar-refractivity contribution is -0.129. The second kappa shape index (κ2) is 9.03. The molecular weight excluding hydrogens is 417 g/mol. The smallest absolute Gasteiger partial charge is 0.363 e. The lowest BCUT2D eigenvalue weighted by atomic mass is 10.1. The molecule has 0 N–H and O–H groups in total. The summed E-state index contributed by atoms with van der Waals surface area (Å²) in [5, 5.41) is 1.01. The maximum Gasteiger partial charge on any atom is 0.363 e. The first-order valence-corrected chi connectivity index (χ1v) is 9.16. The van der Waals surface area contributed by atoms with Crippen molar-refractivity contribution >= 4 is 47.2 Å². The van der Waals surface area contributed by atoms with Gasteiger partial charge >= 0.3 is 5.97 Å². The molecule has 0 atom stereocenters. The normalized spacial score (nSPS) is 14.9. The number of esters is 1. The van der Waals surface area contributed by atoms with E-state index in [1.807, 2.05) is 0 Å². The van der Waals surface area contributed by atoms with Crippen molar-refractivity contribution in [1.82, 2.24) is 0 Å². The van der Waals surface area contributed by atoms with Crippen LogP contribution in [-0.4, -0.2) is 33.2 Å². The fourth-order valence-electron chi connectivity index (χ4n) is 2.64. The Morgan fingerprint density at radius 1 is 0.966 bits per heavy atom. The Hall–Kier alpha value is -2.96. The number of carbonyl (C=O) groups is 1. The highest BCUT2D eigenvalue weighted by atomic mass is 35.5. The minimum atomic E-state index is -0.569. The van der Waals surface area contributed by atoms with E-state index < -0.39 is 5.97 Å². The third-order valence-corrected chi connectivity index (χ3v) is 4.56. The molecule has 150 valence electrons. The van der Waals surface area contributed by atoms with Crippen molar-refractivity contribution in [3.8, 4) is 17.2 Å². The van der Waals surface area contributed by atoms with Crippen molar-refractivity contribution < 1.29 is 23.7 Å². The molecule has 3 rings (SSSR count). The van der Waals surface area contributed by atoms with Crippen LogP contribution in [0.15, 0.2) is 47.1 Å². The van der Waals surface area contributed by atoms with Crippen LogP contribution in [0, 0.1) is 0 Å². The third kappa shape index (κ3) is 4.72. The van der Waals surface area contributed by atoms with Crippen molar-refractivity contribution in [2.24, 2.45) is 4.99 Å². The fourth-order valence-corrected chi connectivity index (χ4v) is 3.11. The molecule has 6 nitrogen and oxygen atoms in total. The van der Waals surface area contributed by atoms with Crippen LogP contribution in [0.2, 0.25) is 10.0 Å². The number of hydrogen-bond donors (Lipinski definition) is 0. The molecule has 0 aliphatic carbocycles. The zero-order valence-corrected chi connectivity index (χ0v) is 17.4. The zero-order chi connectivity index (χ0) is 21.0. The monoisotopic (exact) mass is 433 g/mol. The van der Waals surface area contributed by atoms with Crippen molar-refractivity contribution in [1.29, 1.82) is 0 Å². The Morgan fingerprint density at radius 2 is 1.66 bits per heavy atom. The number of nitrogens with zero attached hydrogens (tertiary/aromatic N) is 1. The van der Waals surface area contributed by atoms with Gasteiger partial charge in [-0.2, -0.15) is 0 Å². The Bertz CT molecular complexity index is 1020. The fraction of sp³-hybridized carbons (Fsp3) is 0.143. The quantitative estimate of drug-likeness (QED) is 0.472. The van der Waals surface area contributed by atoms with E-state index in [0.717, 1.165) is 5.56 Å². The molecule has 0 saturated heterocycles. The van der Waals surface area contributed by atoms with Crippen molar-refractivity contribution in [3.63, 3.8) is 0 Å². The first-order valence-electron chi connectivity index (χ1n) is 8.41. The summed E-state index contributed by atoms with van der Waals surface area (Å²) in [5.41, 5.74) is 1.50. The molecule has 0 radical (unpaired) electrons. The molecule has 0 aromatic heterocycles. The highest BCUT2D eigenvalue weighted by molar-refractivity contribution is 6.35.